The fourth-order valence-electron chi connectivity index (χ4n) is 4.79. The maximum absolute atomic E-state index is 13.8. The number of carbonyl (C=O) groups excluding carboxylic acids is 1. The topological polar surface area (TPSA) is 116 Å². The molecule has 1 atom stereocenters. The van der Waals surface area contributed by atoms with Crippen LogP contribution in [-0.2, 0) is 42.6 Å². The van der Waals surface area contributed by atoms with Crippen molar-refractivity contribution in [2.24, 2.45) is 0 Å². The number of sulfonamides is 1. The van der Waals surface area contributed by atoms with E-state index in [1.165, 1.54) is 28.6 Å². The molecule has 232 valence electrons. The molecule has 0 amide bonds. The van der Waals surface area contributed by atoms with E-state index < -0.39 is 37.4 Å². The van der Waals surface area contributed by atoms with Crippen molar-refractivity contribution in [3.8, 4) is 11.5 Å². The van der Waals surface area contributed by atoms with E-state index in [1.807, 2.05) is 30.3 Å². The number of nitrogens with zero attached hydrogens (tertiary/aromatic N) is 1. The molecule has 0 N–H and O–H groups in total. The van der Waals surface area contributed by atoms with Gasteiger partial charge in [-0.2, -0.15) is 25.9 Å². The van der Waals surface area contributed by atoms with Crippen molar-refractivity contribution in [1.29, 1.82) is 0 Å². The molecule has 0 radical (unpaired) electrons. The minimum Gasteiger partial charge on any atom is -0.482 e. The maximum atomic E-state index is 13.8. The number of rotatable bonds is 11. The normalized spacial score (nSPS) is 15.9. The number of aryl methyl sites for hydroxylation is 2. The van der Waals surface area contributed by atoms with E-state index in [-0.39, 0.29) is 37.1 Å². The first kappa shape index (κ1) is 32.3. The monoisotopic (exact) mass is 641 g/mol. The summed E-state index contributed by atoms with van der Waals surface area (Å²) in [5, 5.41) is 0. The highest BCUT2D eigenvalue weighted by atomic mass is 32.2. The van der Waals surface area contributed by atoms with Gasteiger partial charge in [0.15, 0.2) is 6.61 Å². The van der Waals surface area contributed by atoms with Crippen LogP contribution in [0.4, 0.5) is 13.2 Å². The predicted molar refractivity (Wildman–Crippen MR) is 150 cm³/mol. The molecule has 1 aliphatic heterocycles. The van der Waals surface area contributed by atoms with Crippen molar-refractivity contribution in [3.05, 3.63) is 89.0 Å². The first-order chi connectivity index (χ1) is 20.2. The molecule has 9 nitrogen and oxygen atoms in total. The molecule has 3 aromatic carbocycles. The quantitative estimate of drug-likeness (QED) is 0.162. The van der Waals surface area contributed by atoms with E-state index in [1.54, 1.807) is 13.8 Å². The summed E-state index contributed by atoms with van der Waals surface area (Å²) in [6.45, 7) is 2.99. The largest absolute Gasteiger partial charge is 0.534 e. The number of esters is 1. The van der Waals surface area contributed by atoms with Crippen LogP contribution in [0.5, 0.6) is 11.5 Å². The summed E-state index contributed by atoms with van der Waals surface area (Å²) in [5.41, 5.74) is -3.13. The summed E-state index contributed by atoms with van der Waals surface area (Å²) >= 11 is 0. The predicted octanol–water partition coefficient (Wildman–Crippen LogP) is 5.09. The highest BCUT2D eigenvalue weighted by molar-refractivity contribution is 7.89. The fraction of sp³-hybridized carbons (Fsp3) is 0.345. The summed E-state index contributed by atoms with van der Waals surface area (Å²) < 4.78 is 105. The molecule has 0 saturated carbocycles. The van der Waals surface area contributed by atoms with Crippen molar-refractivity contribution in [2.75, 3.05) is 19.8 Å². The average molecular weight is 642 g/mol. The molecule has 1 unspecified atom stereocenters. The first-order valence-electron chi connectivity index (χ1n) is 13.3. The van der Waals surface area contributed by atoms with Gasteiger partial charge in [0.1, 0.15) is 11.5 Å². The van der Waals surface area contributed by atoms with Gasteiger partial charge in [0.05, 0.1) is 11.5 Å². The second-order valence-corrected chi connectivity index (χ2v) is 13.4. The Kier molecular flexibility index (Phi) is 9.72. The van der Waals surface area contributed by atoms with E-state index in [0.717, 1.165) is 17.7 Å². The Bertz CT molecular complexity index is 1680. The fourth-order valence-corrected chi connectivity index (χ4v) is 6.79. The molecule has 43 heavy (non-hydrogen) atoms. The zero-order valence-corrected chi connectivity index (χ0v) is 25.0. The SMILES string of the molecule is CCOC(=O)COc1ccc(S(=O)(=O)N2Cc3cc(OS(=O)(=O)C(F)(F)F)ccc3C(CCc3ccccc3)C2)cc1C. The van der Waals surface area contributed by atoms with Crippen molar-refractivity contribution in [1.82, 2.24) is 4.31 Å². The zero-order chi connectivity index (χ0) is 31.4. The van der Waals surface area contributed by atoms with Gasteiger partial charge in [0.25, 0.3) is 0 Å². The minimum absolute atomic E-state index is 0.0502. The van der Waals surface area contributed by atoms with Gasteiger partial charge in [-0.05, 0) is 85.2 Å². The van der Waals surface area contributed by atoms with Crippen molar-refractivity contribution in [3.63, 3.8) is 0 Å². The van der Waals surface area contributed by atoms with Gasteiger partial charge in [0, 0.05) is 13.1 Å². The zero-order valence-electron chi connectivity index (χ0n) is 23.3. The Hall–Kier alpha value is -3.62. The number of benzene rings is 3. The third-order valence-electron chi connectivity index (χ3n) is 6.87. The molecular formula is C29H30F3NO8S2. The minimum atomic E-state index is -5.92. The lowest BCUT2D eigenvalue weighted by Gasteiger charge is -2.34. The van der Waals surface area contributed by atoms with Gasteiger partial charge in [0.2, 0.25) is 10.0 Å². The van der Waals surface area contributed by atoms with Crippen molar-refractivity contribution >= 4 is 26.1 Å². The van der Waals surface area contributed by atoms with Gasteiger partial charge in [-0.15, -0.1) is 0 Å². The van der Waals surface area contributed by atoms with Crippen molar-refractivity contribution < 1.29 is 48.5 Å². The molecule has 0 aromatic heterocycles. The first-order valence-corrected chi connectivity index (χ1v) is 16.1. The molecule has 0 fully saturated rings. The molecule has 0 spiro atoms. The van der Waals surface area contributed by atoms with Gasteiger partial charge in [-0.25, -0.2) is 13.2 Å². The lowest BCUT2D eigenvalue weighted by Crippen LogP contribution is -2.38. The summed E-state index contributed by atoms with van der Waals surface area (Å²) in [4.78, 5) is 11.6. The number of hydrogen-bond donors (Lipinski definition) is 0. The number of ether oxygens (including phenoxy) is 2. The third-order valence-corrected chi connectivity index (χ3v) is 9.66. The van der Waals surface area contributed by atoms with E-state index in [4.69, 9.17) is 9.47 Å². The summed E-state index contributed by atoms with van der Waals surface area (Å²) in [7, 11) is -10.0. The second kappa shape index (κ2) is 12.9. The molecule has 0 bridgehead atoms. The highest BCUT2D eigenvalue weighted by Crippen LogP contribution is 2.38. The highest BCUT2D eigenvalue weighted by Gasteiger charge is 2.48. The molecule has 3 aromatic rings. The van der Waals surface area contributed by atoms with Gasteiger partial charge >= 0.3 is 21.6 Å². The van der Waals surface area contributed by atoms with Gasteiger partial charge in [-0.3, -0.25) is 0 Å². The molecule has 0 aliphatic carbocycles. The number of alkyl halides is 3. The smallest absolute Gasteiger partial charge is 0.482 e. The Morgan fingerprint density at radius 2 is 1.72 bits per heavy atom. The summed E-state index contributed by atoms with van der Waals surface area (Å²) in [5.74, 6) is -1.20. The van der Waals surface area contributed by atoms with E-state index in [9.17, 15) is 34.8 Å². The lowest BCUT2D eigenvalue weighted by molar-refractivity contribution is -0.145. The number of carbonyl (C=O) groups is 1. The number of hydrogen-bond acceptors (Lipinski definition) is 8. The number of halogens is 3. The van der Waals surface area contributed by atoms with Crippen LogP contribution in [0.1, 0.15) is 41.5 Å². The summed E-state index contributed by atoms with van der Waals surface area (Å²) in [6, 6.07) is 17.4. The lowest BCUT2D eigenvalue weighted by atomic mass is 9.86. The van der Waals surface area contributed by atoms with Gasteiger partial charge < -0.3 is 13.7 Å². The Labute approximate surface area is 248 Å². The van der Waals surface area contributed by atoms with Crippen LogP contribution >= 0.6 is 0 Å². The number of fused-ring (bicyclic) bond motifs is 1. The van der Waals surface area contributed by atoms with E-state index in [2.05, 4.69) is 4.18 Å². The van der Waals surface area contributed by atoms with Crippen LogP contribution in [0.3, 0.4) is 0 Å². The van der Waals surface area contributed by atoms with E-state index >= 15 is 0 Å². The van der Waals surface area contributed by atoms with Crippen LogP contribution in [0.25, 0.3) is 0 Å². The third kappa shape index (κ3) is 7.67. The Morgan fingerprint density at radius 1 is 1.00 bits per heavy atom. The second-order valence-electron chi connectivity index (χ2n) is 9.88. The molecule has 14 heteroatoms. The molecule has 4 rings (SSSR count). The Balaban J connectivity index is 1.63. The maximum Gasteiger partial charge on any atom is 0.534 e. The van der Waals surface area contributed by atoms with Crippen molar-refractivity contribution in [2.45, 2.75) is 49.6 Å². The van der Waals surface area contributed by atoms with E-state index in [0.29, 0.717) is 35.3 Å². The summed E-state index contributed by atoms with van der Waals surface area (Å²) in [6.07, 6.45) is 1.12. The Morgan fingerprint density at radius 3 is 2.37 bits per heavy atom. The molecule has 1 aliphatic rings. The van der Waals surface area contributed by atoms with Crippen LogP contribution in [0.15, 0.2) is 71.6 Å². The standard InChI is InChI=1S/C29H30F3NO8S2/c1-3-39-28(34)19-40-27-14-12-25(15-20(27)2)42(35,36)33-17-22(10-9-21-7-5-4-6-8-21)26-13-11-24(16-23(26)18-33)41-43(37,38)29(30,31)32/h4-8,11-16,22H,3,9-10,17-19H2,1-2H3. The van der Waals surface area contributed by atoms with Crippen LogP contribution in [0, 0.1) is 6.92 Å². The van der Waals surface area contributed by atoms with Crippen LogP contribution in [-0.4, -0.2) is 52.4 Å². The van der Waals surface area contributed by atoms with Gasteiger partial charge in [-0.1, -0.05) is 36.4 Å². The average Bonchev–Trinajstić information content (AvgIpc) is 2.94. The molecule has 1 heterocycles. The molecule has 0 saturated heterocycles. The van der Waals surface area contributed by atoms with Crippen LogP contribution in [0.2, 0.25) is 0 Å². The molecular weight excluding hydrogens is 611 g/mol. The van der Waals surface area contributed by atoms with Crippen LogP contribution < -0.4 is 8.92 Å².